The number of aryl methyl sites for hydroxylation is 1. The molecule has 25 heteroatoms. The summed E-state index contributed by atoms with van der Waals surface area (Å²) >= 11 is 0. The summed E-state index contributed by atoms with van der Waals surface area (Å²) in [4.78, 5) is 65.0. The number of carbonyl (C=O) groups is 5. The number of sulfone groups is 1. The van der Waals surface area contributed by atoms with Crippen molar-refractivity contribution in [3.05, 3.63) is 83.7 Å². The van der Waals surface area contributed by atoms with Crippen molar-refractivity contribution in [2.45, 2.75) is 87.7 Å². The molecule has 1 aliphatic heterocycles. The second-order valence-electron chi connectivity index (χ2n) is 16.6. The topological polar surface area (TPSA) is 248 Å². The van der Waals surface area contributed by atoms with Crippen LogP contribution in [0.5, 0.6) is 0 Å². The Kier molecular flexibility index (Phi) is 21.7. The fourth-order valence-electron chi connectivity index (χ4n) is 7.87. The fraction of sp³-hybridized carbons (Fsp3) is 0.479. The molecule has 1 aromatic heterocycles. The number of amides is 5. The summed E-state index contributed by atoms with van der Waals surface area (Å²) < 4.78 is 109. The number of nitrogens with zero attached hydrogens (tertiary/aromatic N) is 4. The van der Waals surface area contributed by atoms with E-state index in [0.717, 1.165) is 11.1 Å². The third-order valence-corrected chi connectivity index (χ3v) is 13.3. The number of unbranched alkanes of at least 4 members (excludes halogenated alkanes) is 3. The summed E-state index contributed by atoms with van der Waals surface area (Å²) in [7, 11) is -0.557. The number of hydrogen-bond donors (Lipinski definition) is 4. The van der Waals surface area contributed by atoms with Gasteiger partial charge in [-0.25, -0.2) is 31.9 Å². The maximum Gasteiger partial charge on any atom is 0.417 e. The lowest BCUT2D eigenvalue weighted by molar-refractivity contribution is -0.140. The summed E-state index contributed by atoms with van der Waals surface area (Å²) in [5.74, 6) is -3.13. The average molecular weight is 1050 g/mol. The molecular weight excluding hydrogens is 989 g/mol. The number of fused-ring (bicyclic) bond motifs is 5. The molecule has 5 rings (SSSR count). The molecule has 4 aromatic rings. The zero-order valence-corrected chi connectivity index (χ0v) is 41.5. The second-order valence-corrected chi connectivity index (χ2v) is 18.6. The van der Waals surface area contributed by atoms with Crippen LogP contribution in [0.4, 0.5) is 37.6 Å². The van der Waals surface area contributed by atoms with Gasteiger partial charge >= 0.3 is 24.5 Å². The van der Waals surface area contributed by atoms with Crippen molar-refractivity contribution in [1.29, 1.82) is 0 Å². The first kappa shape index (κ1) is 57.0. The minimum atomic E-state index is -5.17. The lowest BCUT2D eigenvalue weighted by atomic mass is 9.95. The smallest absolute Gasteiger partial charge is 0.417 e. The minimum absolute atomic E-state index is 0.0373. The van der Waals surface area contributed by atoms with E-state index in [9.17, 15) is 50.0 Å². The second kappa shape index (κ2) is 27.8. The lowest BCUT2D eigenvalue weighted by Crippen LogP contribution is -2.47. The van der Waals surface area contributed by atoms with Crippen LogP contribution in [0, 0.1) is 5.82 Å². The minimum Gasteiger partial charge on any atom is -0.447 e. The third-order valence-electron chi connectivity index (χ3n) is 11.4. The molecule has 4 N–H and O–H groups in total. The van der Waals surface area contributed by atoms with Gasteiger partial charge in [0.2, 0.25) is 11.8 Å². The standard InChI is InChI=1S/C48H60F4N8O12S/c1-53-45(63)72-34(31-73(66,67)40-20-19-33(49)29-37(40)48(50,51)52)14-5-4-12-24-60-43-36-16-8-9-18-39(36)59(30-32-13-6-7-15-35(32)42(43)57-58-60)41(61)21-23-54-44(62)38(56-47(65)71-28-26-69-3)17-10-11-22-55-46(64)70-27-25-68-2/h6-9,13,15-16,18-20,29,34,38H,4-5,10-12,14,17,21-28,30-31H2,1-3H3,(H,53,63)(H,54,62)(H,55,64)(H,56,65). The summed E-state index contributed by atoms with van der Waals surface area (Å²) in [5, 5.41) is 19.2. The van der Waals surface area contributed by atoms with Crippen molar-refractivity contribution in [3.63, 3.8) is 0 Å². The molecule has 3 aromatic carbocycles. The Labute approximate surface area is 419 Å². The Hall–Kier alpha value is -6.86. The van der Waals surface area contributed by atoms with Crippen LogP contribution in [0.25, 0.3) is 22.5 Å². The van der Waals surface area contributed by atoms with Gasteiger partial charge in [0, 0.05) is 58.4 Å². The van der Waals surface area contributed by atoms with E-state index in [1.807, 2.05) is 30.3 Å². The van der Waals surface area contributed by atoms with E-state index >= 15 is 0 Å². The van der Waals surface area contributed by atoms with Crippen LogP contribution in [0.2, 0.25) is 0 Å². The summed E-state index contributed by atoms with van der Waals surface area (Å²) in [6, 6.07) is 14.8. The molecule has 2 unspecified atom stereocenters. The normalized spacial score (nSPS) is 12.9. The maximum absolute atomic E-state index is 14.3. The van der Waals surface area contributed by atoms with Crippen molar-refractivity contribution >= 4 is 45.6 Å². The molecule has 5 amide bonds. The van der Waals surface area contributed by atoms with Crippen LogP contribution in [0.3, 0.4) is 0 Å². The maximum atomic E-state index is 14.3. The first-order valence-corrected chi connectivity index (χ1v) is 25.1. The number of nitrogens with one attached hydrogen (secondary N) is 4. The Morgan fingerprint density at radius 3 is 2.18 bits per heavy atom. The van der Waals surface area contributed by atoms with Crippen LogP contribution in [-0.4, -0.2) is 132 Å². The number of rotatable bonds is 26. The zero-order valence-electron chi connectivity index (χ0n) is 40.6. The van der Waals surface area contributed by atoms with Gasteiger partial charge in [0.25, 0.3) is 0 Å². The summed E-state index contributed by atoms with van der Waals surface area (Å²) in [6.07, 6.45) is -6.91. The Balaban J connectivity index is 1.26. The number of aromatic nitrogens is 3. The monoisotopic (exact) mass is 1050 g/mol. The van der Waals surface area contributed by atoms with E-state index in [1.54, 1.807) is 27.8 Å². The van der Waals surface area contributed by atoms with Crippen molar-refractivity contribution in [2.75, 3.05) is 71.4 Å². The van der Waals surface area contributed by atoms with Gasteiger partial charge in [-0.2, -0.15) is 13.2 Å². The quantitative estimate of drug-likeness (QED) is 0.0238. The van der Waals surface area contributed by atoms with Gasteiger partial charge < -0.3 is 49.9 Å². The van der Waals surface area contributed by atoms with E-state index in [1.165, 1.54) is 21.3 Å². The molecule has 20 nitrogen and oxygen atoms in total. The molecule has 2 heterocycles. The molecule has 0 bridgehead atoms. The van der Waals surface area contributed by atoms with Gasteiger partial charge in [0.15, 0.2) is 9.84 Å². The number of benzene rings is 3. The molecular formula is C48H60F4N8O12S. The van der Waals surface area contributed by atoms with Gasteiger partial charge in [0.05, 0.1) is 47.4 Å². The third kappa shape index (κ3) is 16.9. The predicted molar refractivity (Wildman–Crippen MR) is 256 cm³/mol. The molecule has 1 aliphatic rings. The van der Waals surface area contributed by atoms with Crippen LogP contribution in [0.15, 0.2) is 71.6 Å². The molecule has 73 heavy (non-hydrogen) atoms. The van der Waals surface area contributed by atoms with E-state index < -0.39 is 74.4 Å². The largest absolute Gasteiger partial charge is 0.447 e. The molecule has 0 spiro atoms. The number of hydrogen-bond acceptors (Lipinski definition) is 14. The first-order valence-electron chi connectivity index (χ1n) is 23.5. The number of methoxy groups -OCH3 is 2. The zero-order chi connectivity index (χ0) is 53.0. The Morgan fingerprint density at radius 1 is 0.781 bits per heavy atom. The molecule has 0 radical (unpaired) electrons. The van der Waals surface area contributed by atoms with Crippen molar-refractivity contribution < 1.29 is 73.6 Å². The van der Waals surface area contributed by atoms with Crippen molar-refractivity contribution in [3.8, 4) is 22.5 Å². The van der Waals surface area contributed by atoms with Crippen LogP contribution in [-0.2, 0) is 62.4 Å². The number of ether oxygens (including phenoxy) is 5. The van der Waals surface area contributed by atoms with E-state index in [4.69, 9.17) is 23.7 Å². The first-order chi connectivity index (χ1) is 35.0. The Bertz CT molecular complexity index is 2620. The lowest BCUT2D eigenvalue weighted by Gasteiger charge is -2.29. The van der Waals surface area contributed by atoms with E-state index in [2.05, 4.69) is 31.6 Å². The summed E-state index contributed by atoms with van der Waals surface area (Å²) in [5.41, 5.74) is 2.15. The molecule has 0 saturated heterocycles. The summed E-state index contributed by atoms with van der Waals surface area (Å²) in [6.45, 7) is 1.03. The number of para-hydroxylation sites is 1. The number of alkyl carbamates (subject to hydrolysis) is 3. The van der Waals surface area contributed by atoms with E-state index in [0.29, 0.717) is 60.5 Å². The van der Waals surface area contributed by atoms with Crippen LogP contribution < -0.4 is 26.2 Å². The number of alkyl halides is 3. The molecule has 0 fully saturated rings. The van der Waals surface area contributed by atoms with Crippen molar-refractivity contribution in [2.24, 2.45) is 0 Å². The highest BCUT2D eigenvalue weighted by Crippen LogP contribution is 2.41. The van der Waals surface area contributed by atoms with E-state index in [-0.39, 0.29) is 90.3 Å². The van der Waals surface area contributed by atoms with Gasteiger partial charge in [-0.1, -0.05) is 54.1 Å². The van der Waals surface area contributed by atoms with Gasteiger partial charge in [-0.05, 0) is 68.4 Å². The number of carbonyl (C=O) groups excluding carboxylic acids is 5. The average Bonchev–Trinajstić information content (AvgIpc) is 3.77. The molecule has 2 atom stereocenters. The van der Waals surface area contributed by atoms with Gasteiger partial charge in [-0.3, -0.25) is 9.59 Å². The highest BCUT2D eigenvalue weighted by molar-refractivity contribution is 7.91. The Morgan fingerprint density at radius 2 is 1.47 bits per heavy atom. The number of halogens is 4. The van der Waals surface area contributed by atoms with Gasteiger partial charge in [0.1, 0.15) is 36.9 Å². The van der Waals surface area contributed by atoms with Gasteiger partial charge in [-0.15, -0.1) is 5.10 Å². The molecule has 398 valence electrons. The van der Waals surface area contributed by atoms with Crippen LogP contribution in [0.1, 0.15) is 62.5 Å². The SMILES string of the molecule is CNC(=O)OC(CCCCCn1nnc2c1-c1ccccc1N(C(=O)CCNC(=O)C(CCCCNC(=O)OCCOC)NC(=O)OCCOC)Cc1ccccc1-2)CS(=O)(=O)c1ccc(F)cc1C(F)(F)F. The predicted octanol–water partition coefficient (Wildman–Crippen LogP) is 6.17. The number of anilines is 1. The molecule has 0 aliphatic carbocycles. The van der Waals surface area contributed by atoms with Crippen molar-refractivity contribution in [1.82, 2.24) is 36.3 Å². The van der Waals surface area contributed by atoms with Crippen LogP contribution >= 0.6 is 0 Å². The fourth-order valence-corrected chi connectivity index (χ4v) is 9.56. The highest BCUT2D eigenvalue weighted by Gasteiger charge is 2.39. The molecule has 0 saturated carbocycles. The highest BCUT2D eigenvalue weighted by atomic mass is 32.2.